The first kappa shape index (κ1) is 27.2. The van der Waals surface area contributed by atoms with Gasteiger partial charge in [-0.15, -0.1) is 0 Å². The summed E-state index contributed by atoms with van der Waals surface area (Å²) in [5.41, 5.74) is 3.83. The molecular weight excluding hydrogens is 521 g/mol. The Morgan fingerprint density at radius 3 is 2.17 bits per heavy atom. The Kier molecular flexibility index (Phi) is 8.93. The molecule has 2 saturated heterocycles. The van der Waals surface area contributed by atoms with Crippen molar-refractivity contribution in [3.05, 3.63) is 59.4 Å². The van der Waals surface area contributed by atoms with E-state index in [0.29, 0.717) is 88.4 Å². The van der Waals surface area contributed by atoms with Gasteiger partial charge in [0.25, 0.3) is 0 Å². The maximum Gasteiger partial charge on any atom is 0.343 e. The number of carbonyl (C=O) groups is 1. The lowest BCUT2D eigenvalue weighted by Gasteiger charge is -2.30. The van der Waals surface area contributed by atoms with Crippen molar-refractivity contribution >= 4 is 30.0 Å². The second-order valence-electron chi connectivity index (χ2n) is 8.86. The minimum atomic E-state index is -0.619. The van der Waals surface area contributed by atoms with E-state index in [9.17, 15) is 9.18 Å². The van der Waals surface area contributed by atoms with E-state index < -0.39 is 11.8 Å². The van der Waals surface area contributed by atoms with Crippen LogP contribution in [0.25, 0.3) is 0 Å². The van der Waals surface area contributed by atoms with Gasteiger partial charge >= 0.3 is 5.97 Å². The third kappa shape index (κ3) is 6.98. The van der Waals surface area contributed by atoms with Crippen LogP contribution in [0.1, 0.15) is 22.8 Å². The van der Waals surface area contributed by atoms with Crippen LogP contribution in [0, 0.1) is 5.82 Å². The summed E-state index contributed by atoms with van der Waals surface area (Å²) in [6, 6.07) is 10.2. The monoisotopic (exact) mass is 551 g/mol. The van der Waals surface area contributed by atoms with E-state index in [2.05, 4.69) is 35.3 Å². The van der Waals surface area contributed by atoms with E-state index in [1.807, 2.05) is 6.92 Å². The quantitative estimate of drug-likeness (QED) is 0.183. The van der Waals surface area contributed by atoms with Gasteiger partial charge < -0.3 is 28.7 Å². The van der Waals surface area contributed by atoms with Crippen molar-refractivity contribution in [2.45, 2.75) is 6.92 Å². The number of esters is 1. The fourth-order valence-electron chi connectivity index (χ4n) is 4.08. The first-order chi connectivity index (χ1) is 19.6. The second-order valence-corrected chi connectivity index (χ2v) is 8.86. The molecule has 1 aromatic heterocycles. The lowest BCUT2D eigenvalue weighted by molar-refractivity contribution is 0.0728. The fraction of sp³-hybridized carbons (Fsp3) is 0.370. The number of halogens is 1. The maximum absolute atomic E-state index is 13.2. The van der Waals surface area contributed by atoms with Crippen LogP contribution in [0.5, 0.6) is 11.5 Å². The van der Waals surface area contributed by atoms with E-state index in [1.165, 1.54) is 24.3 Å². The number of ether oxygens (including phenoxy) is 4. The highest BCUT2D eigenvalue weighted by atomic mass is 19.1. The summed E-state index contributed by atoms with van der Waals surface area (Å²) in [6.07, 6.45) is 1.58. The Bertz CT molecular complexity index is 1290. The number of nitrogens with zero attached hydrogens (tertiary/aromatic N) is 6. The number of hydrazone groups is 1. The van der Waals surface area contributed by atoms with Crippen molar-refractivity contribution in [3.8, 4) is 11.5 Å². The SMILES string of the molecule is CCOc1cc(/C=N/Nc2nc(N3CCOCC3)nc(N3CCOCC3)n2)ccc1OC(=O)c1ccc(F)cc1. The van der Waals surface area contributed by atoms with Crippen molar-refractivity contribution in [2.75, 3.05) is 74.4 Å². The van der Waals surface area contributed by atoms with Crippen molar-refractivity contribution in [1.29, 1.82) is 0 Å². The van der Waals surface area contributed by atoms with Crippen LogP contribution in [-0.4, -0.2) is 86.3 Å². The average molecular weight is 552 g/mol. The molecule has 210 valence electrons. The Balaban J connectivity index is 1.31. The number of morpholine rings is 2. The van der Waals surface area contributed by atoms with Gasteiger partial charge in [0, 0.05) is 26.2 Å². The molecule has 0 bridgehead atoms. The van der Waals surface area contributed by atoms with E-state index in [1.54, 1.807) is 24.4 Å². The number of hydrogen-bond donors (Lipinski definition) is 1. The van der Waals surface area contributed by atoms with Crippen LogP contribution in [0.4, 0.5) is 22.2 Å². The maximum atomic E-state index is 13.2. The van der Waals surface area contributed by atoms with Crippen molar-refractivity contribution in [3.63, 3.8) is 0 Å². The number of benzene rings is 2. The van der Waals surface area contributed by atoms with Gasteiger partial charge in [0.2, 0.25) is 17.8 Å². The zero-order valence-electron chi connectivity index (χ0n) is 22.1. The molecule has 1 N–H and O–H groups in total. The summed E-state index contributed by atoms with van der Waals surface area (Å²) in [4.78, 5) is 30.5. The van der Waals surface area contributed by atoms with E-state index in [4.69, 9.17) is 18.9 Å². The van der Waals surface area contributed by atoms with E-state index in [0.717, 1.165) is 0 Å². The minimum Gasteiger partial charge on any atom is -0.490 e. The van der Waals surface area contributed by atoms with Gasteiger partial charge in [0.15, 0.2) is 11.5 Å². The number of rotatable bonds is 9. The standard InChI is InChI=1S/C27H30FN7O5/c1-2-39-23-17-19(3-8-22(23)40-24(36)20-4-6-21(28)7-5-20)18-29-33-25-30-26(34-9-13-37-14-10-34)32-27(31-25)35-11-15-38-16-12-35/h3-8,17-18H,2,9-16H2,1H3,(H,30,31,32,33)/b29-18+. The van der Waals surface area contributed by atoms with Gasteiger partial charge in [-0.05, 0) is 55.0 Å². The number of anilines is 3. The molecule has 0 amide bonds. The summed E-state index contributed by atoms with van der Waals surface area (Å²) < 4.78 is 35.3. The largest absolute Gasteiger partial charge is 0.490 e. The summed E-state index contributed by atoms with van der Waals surface area (Å²) in [5.74, 6) is 0.980. The highest BCUT2D eigenvalue weighted by molar-refractivity contribution is 5.91. The summed E-state index contributed by atoms with van der Waals surface area (Å²) >= 11 is 0. The lowest BCUT2D eigenvalue weighted by Crippen LogP contribution is -2.40. The predicted molar refractivity (Wildman–Crippen MR) is 146 cm³/mol. The Morgan fingerprint density at radius 1 is 0.950 bits per heavy atom. The predicted octanol–water partition coefficient (Wildman–Crippen LogP) is 2.75. The first-order valence-corrected chi connectivity index (χ1v) is 13.0. The zero-order valence-corrected chi connectivity index (χ0v) is 22.1. The third-order valence-corrected chi connectivity index (χ3v) is 6.13. The van der Waals surface area contributed by atoms with E-state index in [-0.39, 0.29) is 11.3 Å². The van der Waals surface area contributed by atoms with Crippen LogP contribution in [0.2, 0.25) is 0 Å². The number of nitrogens with one attached hydrogen (secondary N) is 1. The van der Waals surface area contributed by atoms with Crippen molar-refractivity contribution in [1.82, 2.24) is 15.0 Å². The normalized spacial score (nSPS) is 15.8. The molecule has 2 aliphatic heterocycles. The highest BCUT2D eigenvalue weighted by Gasteiger charge is 2.21. The molecule has 3 heterocycles. The van der Waals surface area contributed by atoms with Gasteiger partial charge in [0.1, 0.15) is 5.82 Å². The van der Waals surface area contributed by atoms with Crippen LogP contribution in [0.3, 0.4) is 0 Å². The molecule has 0 aliphatic carbocycles. The summed E-state index contributed by atoms with van der Waals surface area (Å²) in [5, 5.41) is 4.32. The highest BCUT2D eigenvalue weighted by Crippen LogP contribution is 2.29. The van der Waals surface area contributed by atoms with Crippen molar-refractivity contribution in [2.24, 2.45) is 5.10 Å². The van der Waals surface area contributed by atoms with E-state index >= 15 is 0 Å². The first-order valence-electron chi connectivity index (χ1n) is 13.0. The molecule has 3 aromatic rings. The molecule has 0 saturated carbocycles. The number of carbonyl (C=O) groups excluding carboxylic acids is 1. The fourth-order valence-corrected chi connectivity index (χ4v) is 4.08. The van der Waals surface area contributed by atoms with Crippen LogP contribution < -0.4 is 24.7 Å². The number of hydrogen-bond acceptors (Lipinski definition) is 12. The molecule has 5 rings (SSSR count). The van der Waals surface area contributed by atoms with Gasteiger partial charge in [0.05, 0.1) is 44.8 Å². The smallest absolute Gasteiger partial charge is 0.343 e. The molecule has 12 nitrogen and oxygen atoms in total. The molecule has 0 spiro atoms. The topological polar surface area (TPSA) is 124 Å². The summed E-state index contributed by atoms with van der Waals surface area (Å²) in [7, 11) is 0. The molecule has 40 heavy (non-hydrogen) atoms. The lowest BCUT2D eigenvalue weighted by atomic mass is 10.2. The van der Waals surface area contributed by atoms with Crippen molar-refractivity contribution < 1.29 is 28.1 Å². The second kappa shape index (κ2) is 13.1. The zero-order chi connectivity index (χ0) is 27.7. The number of aromatic nitrogens is 3. The van der Waals surface area contributed by atoms with Gasteiger partial charge in [-0.2, -0.15) is 20.1 Å². The Labute approximate surface area is 230 Å². The molecular formula is C27H30FN7O5. The van der Waals surface area contributed by atoms with Crippen LogP contribution in [0.15, 0.2) is 47.6 Å². The molecule has 13 heteroatoms. The average Bonchev–Trinajstić information content (AvgIpc) is 2.99. The molecule has 2 aromatic carbocycles. The molecule has 2 aliphatic rings. The van der Waals surface area contributed by atoms with Gasteiger partial charge in [-0.1, -0.05) is 0 Å². The van der Waals surface area contributed by atoms with Crippen LogP contribution in [-0.2, 0) is 9.47 Å². The molecule has 0 atom stereocenters. The van der Waals surface area contributed by atoms with Gasteiger partial charge in [-0.25, -0.2) is 14.6 Å². The Hall–Kier alpha value is -4.36. The van der Waals surface area contributed by atoms with Gasteiger partial charge in [-0.3, -0.25) is 0 Å². The minimum absolute atomic E-state index is 0.226. The molecule has 0 radical (unpaired) electrons. The molecule has 2 fully saturated rings. The molecule has 0 unspecified atom stereocenters. The van der Waals surface area contributed by atoms with Crippen LogP contribution >= 0.6 is 0 Å². The Morgan fingerprint density at radius 2 is 1.57 bits per heavy atom. The summed E-state index contributed by atoms with van der Waals surface area (Å²) in [6.45, 7) is 7.37. The third-order valence-electron chi connectivity index (χ3n) is 6.13.